The highest BCUT2D eigenvalue weighted by molar-refractivity contribution is 6.31. The van der Waals surface area contributed by atoms with E-state index in [9.17, 15) is 9.90 Å². The van der Waals surface area contributed by atoms with Gasteiger partial charge in [-0.25, -0.2) is 0 Å². The van der Waals surface area contributed by atoms with Crippen LogP contribution in [0.5, 0.6) is 0 Å². The number of carbonyl (C=O) groups is 1. The molecule has 0 aliphatic heterocycles. The normalized spacial score (nSPS) is 12.2. The molecule has 0 spiro atoms. The summed E-state index contributed by atoms with van der Waals surface area (Å²) in [7, 11) is 1.76. The number of aromatic nitrogens is 1. The fraction of sp³-hybridized carbons (Fsp3) is 0.267. The van der Waals surface area contributed by atoms with E-state index in [1.165, 1.54) is 0 Å². The third-order valence-corrected chi connectivity index (χ3v) is 3.29. The third kappa shape index (κ3) is 3.62. The second-order valence-electron chi connectivity index (χ2n) is 4.70. The molecule has 0 radical (unpaired) electrons. The summed E-state index contributed by atoms with van der Waals surface area (Å²) in [6, 6.07) is 11.0. The van der Waals surface area contributed by atoms with Gasteiger partial charge >= 0.3 is 0 Å². The SMILES string of the molecule is Cn1cc(Cl)cc1C(=O)N[C@@H](CO)Cc1ccccc1. The molecule has 1 atom stereocenters. The summed E-state index contributed by atoms with van der Waals surface area (Å²) in [6.45, 7) is -0.112. The maximum absolute atomic E-state index is 12.1. The number of rotatable bonds is 5. The molecule has 0 saturated heterocycles. The van der Waals surface area contributed by atoms with Crippen molar-refractivity contribution in [2.75, 3.05) is 6.61 Å². The minimum atomic E-state index is -0.321. The minimum absolute atomic E-state index is 0.112. The van der Waals surface area contributed by atoms with E-state index in [0.29, 0.717) is 17.1 Å². The lowest BCUT2D eigenvalue weighted by atomic mass is 10.1. The summed E-state index contributed by atoms with van der Waals surface area (Å²) in [5, 5.41) is 12.7. The number of aryl methyl sites for hydroxylation is 1. The molecular formula is C15H17ClN2O2. The largest absolute Gasteiger partial charge is 0.394 e. The van der Waals surface area contributed by atoms with Crippen LogP contribution >= 0.6 is 11.6 Å². The van der Waals surface area contributed by atoms with Crippen molar-refractivity contribution in [3.63, 3.8) is 0 Å². The Morgan fingerprint density at radius 3 is 2.65 bits per heavy atom. The van der Waals surface area contributed by atoms with E-state index in [2.05, 4.69) is 5.32 Å². The number of carbonyl (C=O) groups excluding carboxylic acids is 1. The molecule has 0 aliphatic rings. The molecule has 1 heterocycles. The molecule has 1 amide bonds. The Kier molecular flexibility index (Phi) is 4.82. The predicted molar refractivity (Wildman–Crippen MR) is 78.9 cm³/mol. The van der Waals surface area contributed by atoms with Crippen molar-refractivity contribution in [2.45, 2.75) is 12.5 Å². The Morgan fingerprint density at radius 1 is 1.40 bits per heavy atom. The van der Waals surface area contributed by atoms with Gasteiger partial charge in [-0.05, 0) is 18.1 Å². The zero-order chi connectivity index (χ0) is 14.5. The summed E-state index contributed by atoms with van der Waals surface area (Å²) in [6.07, 6.45) is 2.25. The average molecular weight is 293 g/mol. The van der Waals surface area contributed by atoms with Crippen molar-refractivity contribution in [1.82, 2.24) is 9.88 Å². The molecule has 0 fully saturated rings. The van der Waals surface area contributed by atoms with Crippen molar-refractivity contribution >= 4 is 17.5 Å². The van der Waals surface area contributed by atoms with E-state index < -0.39 is 0 Å². The third-order valence-electron chi connectivity index (χ3n) is 3.08. The highest BCUT2D eigenvalue weighted by Crippen LogP contribution is 2.13. The van der Waals surface area contributed by atoms with Gasteiger partial charge in [-0.2, -0.15) is 0 Å². The number of hydrogen-bond acceptors (Lipinski definition) is 2. The van der Waals surface area contributed by atoms with Gasteiger partial charge in [0.05, 0.1) is 17.7 Å². The highest BCUT2D eigenvalue weighted by Gasteiger charge is 2.16. The first-order chi connectivity index (χ1) is 9.60. The van der Waals surface area contributed by atoms with E-state index in [0.717, 1.165) is 5.56 Å². The number of amides is 1. The van der Waals surface area contributed by atoms with Crippen LogP contribution in [-0.2, 0) is 13.5 Å². The zero-order valence-corrected chi connectivity index (χ0v) is 12.0. The maximum Gasteiger partial charge on any atom is 0.268 e. The second-order valence-corrected chi connectivity index (χ2v) is 5.13. The van der Waals surface area contributed by atoms with E-state index in [-0.39, 0.29) is 18.6 Å². The Morgan fingerprint density at radius 2 is 2.10 bits per heavy atom. The molecule has 1 aromatic heterocycles. The summed E-state index contributed by atoms with van der Waals surface area (Å²) < 4.78 is 1.66. The molecule has 5 heteroatoms. The second kappa shape index (κ2) is 6.59. The first-order valence-electron chi connectivity index (χ1n) is 6.37. The molecule has 4 nitrogen and oxygen atoms in total. The van der Waals surface area contributed by atoms with E-state index >= 15 is 0 Å². The molecule has 0 bridgehead atoms. The summed E-state index contributed by atoms with van der Waals surface area (Å²) in [5.41, 5.74) is 1.54. The fourth-order valence-corrected chi connectivity index (χ4v) is 2.32. The topological polar surface area (TPSA) is 54.3 Å². The van der Waals surface area contributed by atoms with Gasteiger partial charge < -0.3 is 15.0 Å². The number of nitrogens with one attached hydrogen (secondary N) is 1. The lowest BCUT2D eigenvalue weighted by Crippen LogP contribution is -2.39. The van der Waals surface area contributed by atoms with Crippen molar-refractivity contribution in [1.29, 1.82) is 0 Å². The van der Waals surface area contributed by atoms with Gasteiger partial charge in [-0.3, -0.25) is 4.79 Å². The summed E-state index contributed by atoms with van der Waals surface area (Å²) in [4.78, 5) is 12.1. The van der Waals surface area contributed by atoms with Crippen LogP contribution in [0.3, 0.4) is 0 Å². The van der Waals surface area contributed by atoms with Crippen LogP contribution in [0.2, 0.25) is 5.02 Å². The lowest BCUT2D eigenvalue weighted by Gasteiger charge is -2.16. The number of hydrogen-bond donors (Lipinski definition) is 2. The molecular weight excluding hydrogens is 276 g/mol. The van der Waals surface area contributed by atoms with Crippen LogP contribution in [0.15, 0.2) is 42.6 Å². The number of nitrogens with zero attached hydrogens (tertiary/aromatic N) is 1. The van der Waals surface area contributed by atoms with Crippen LogP contribution in [0.4, 0.5) is 0 Å². The van der Waals surface area contributed by atoms with Gasteiger partial charge in [0.15, 0.2) is 0 Å². The van der Waals surface area contributed by atoms with Gasteiger partial charge in [-0.15, -0.1) is 0 Å². The summed E-state index contributed by atoms with van der Waals surface area (Å²) in [5.74, 6) is -0.241. The summed E-state index contributed by atoms with van der Waals surface area (Å²) >= 11 is 5.86. The monoisotopic (exact) mass is 292 g/mol. The van der Waals surface area contributed by atoms with E-state index in [4.69, 9.17) is 11.6 Å². The number of halogens is 1. The standard InChI is InChI=1S/C15H17ClN2O2/c1-18-9-12(16)8-14(18)15(20)17-13(10-19)7-11-5-3-2-4-6-11/h2-6,8-9,13,19H,7,10H2,1H3,(H,17,20)/t13-/m1/s1. The van der Waals surface area contributed by atoms with Crippen LogP contribution in [0.25, 0.3) is 0 Å². The molecule has 0 aliphatic carbocycles. The van der Waals surface area contributed by atoms with Crippen molar-refractivity contribution in [3.8, 4) is 0 Å². The van der Waals surface area contributed by atoms with Gasteiger partial charge in [-0.1, -0.05) is 41.9 Å². The van der Waals surface area contributed by atoms with Crippen LogP contribution in [0, 0.1) is 0 Å². The molecule has 0 saturated carbocycles. The Bertz CT molecular complexity index is 581. The average Bonchev–Trinajstić information content (AvgIpc) is 2.78. The van der Waals surface area contributed by atoms with Crippen molar-refractivity contribution in [3.05, 3.63) is 58.9 Å². The molecule has 2 rings (SSSR count). The molecule has 106 valence electrons. The van der Waals surface area contributed by atoms with E-state index in [1.54, 1.807) is 23.9 Å². The fourth-order valence-electron chi connectivity index (χ4n) is 2.07. The Balaban J connectivity index is 2.03. The van der Waals surface area contributed by atoms with Gasteiger partial charge in [0, 0.05) is 13.2 Å². The van der Waals surface area contributed by atoms with Crippen molar-refractivity contribution in [2.24, 2.45) is 7.05 Å². The van der Waals surface area contributed by atoms with Gasteiger partial charge in [0.25, 0.3) is 5.91 Å². The Hall–Kier alpha value is -1.78. The molecule has 0 unspecified atom stereocenters. The first-order valence-corrected chi connectivity index (χ1v) is 6.75. The highest BCUT2D eigenvalue weighted by atomic mass is 35.5. The Labute approximate surface area is 123 Å². The van der Waals surface area contributed by atoms with Gasteiger partial charge in [0.1, 0.15) is 5.69 Å². The minimum Gasteiger partial charge on any atom is -0.394 e. The molecule has 1 aromatic carbocycles. The van der Waals surface area contributed by atoms with Crippen molar-refractivity contribution < 1.29 is 9.90 Å². The van der Waals surface area contributed by atoms with E-state index in [1.807, 2.05) is 30.3 Å². The maximum atomic E-state index is 12.1. The molecule has 20 heavy (non-hydrogen) atoms. The van der Waals surface area contributed by atoms with Crippen LogP contribution < -0.4 is 5.32 Å². The number of benzene rings is 1. The van der Waals surface area contributed by atoms with Gasteiger partial charge in [0.2, 0.25) is 0 Å². The quantitative estimate of drug-likeness (QED) is 0.886. The molecule has 2 aromatic rings. The van der Waals surface area contributed by atoms with Crippen LogP contribution in [0.1, 0.15) is 16.1 Å². The smallest absolute Gasteiger partial charge is 0.268 e. The lowest BCUT2D eigenvalue weighted by molar-refractivity contribution is 0.0908. The van der Waals surface area contributed by atoms with Crippen LogP contribution in [-0.4, -0.2) is 28.2 Å². The molecule has 2 N–H and O–H groups in total. The number of aliphatic hydroxyl groups is 1. The number of aliphatic hydroxyl groups excluding tert-OH is 1. The first kappa shape index (κ1) is 14.6. The zero-order valence-electron chi connectivity index (χ0n) is 11.2. The predicted octanol–water partition coefficient (Wildman–Crippen LogP) is 2.01.